The Labute approximate surface area is 166 Å². The fourth-order valence-corrected chi connectivity index (χ4v) is 4.21. The largest absolute Gasteiger partial charge is 0.308 e. The molecule has 0 amide bonds. The Morgan fingerprint density at radius 3 is 2.48 bits per heavy atom. The maximum atomic E-state index is 15.0. The van der Waals surface area contributed by atoms with Gasteiger partial charge in [-0.25, -0.2) is 4.39 Å². The number of nitrogens with zero attached hydrogens (tertiary/aromatic N) is 1. The molecule has 0 aromatic carbocycles. The third-order valence-corrected chi connectivity index (χ3v) is 5.84. The van der Waals surface area contributed by atoms with E-state index in [1.165, 1.54) is 11.9 Å². The SMILES string of the molecule is CC/C=C(\C=N)C(C)/C(F)=C\C(N=C1C(C)CC(C)C1CC)=C(\C)CCC. The Morgan fingerprint density at radius 1 is 1.30 bits per heavy atom. The molecule has 1 aliphatic rings. The summed E-state index contributed by atoms with van der Waals surface area (Å²) < 4.78 is 15.0. The van der Waals surface area contributed by atoms with Gasteiger partial charge in [0.15, 0.2) is 0 Å². The fraction of sp³-hybridized carbons (Fsp3) is 0.667. The fourth-order valence-electron chi connectivity index (χ4n) is 4.21. The second kappa shape index (κ2) is 11.4. The highest BCUT2D eigenvalue weighted by Gasteiger charge is 2.34. The summed E-state index contributed by atoms with van der Waals surface area (Å²) in [4.78, 5) is 5.03. The van der Waals surface area contributed by atoms with E-state index in [-0.39, 0.29) is 5.83 Å². The van der Waals surface area contributed by atoms with E-state index in [9.17, 15) is 0 Å². The van der Waals surface area contributed by atoms with E-state index < -0.39 is 5.92 Å². The van der Waals surface area contributed by atoms with E-state index in [1.54, 1.807) is 6.08 Å². The predicted octanol–water partition coefficient (Wildman–Crippen LogP) is 7.68. The molecule has 1 aliphatic carbocycles. The van der Waals surface area contributed by atoms with Gasteiger partial charge in [0.05, 0.1) is 5.70 Å². The summed E-state index contributed by atoms with van der Waals surface area (Å²) in [6.07, 6.45) is 9.81. The molecule has 0 radical (unpaired) electrons. The highest BCUT2D eigenvalue weighted by molar-refractivity contribution is 5.92. The molecular formula is C24H39FN2. The molecule has 1 fully saturated rings. The van der Waals surface area contributed by atoms with Crippen molar-refractivity contribution in [1.29, 1.82) is 5.41 Å². The van der Waals surface area contributed by atoms with Crippen LogP contribution in [-0.4, -0.2) is 11.9 Å². The topological polar surface area (TPSA) is 36.2 Å². The van der Waals surface area contributed by atoms with Crippen molar-refractivity contribution in [3.63, 3.8) is 0 Å². The molecule has 3 heteroatoms. The lowest BCUT2D eigenvalue weighted by Gasteiger charge is -2.16. The zero-order chi connectivity index (χ0) is 20.6. The Hall–Kier alpha value is -1.51. The van der Waals surface area contributed by atoms with Crippen molar-refractivity contribution >= 4 is 11.9 Å². The minimum absolute atomic E-state index is 0.209. The lowest BCUT2D eigenvalue weighted by molar-refractivity contribution is 0.452. The van der Waals surface area contributed by atoms with E-state index in [2.05, 4.69) is 34.6 Å². The first-order valence-corrected chi connectivity index (χ1v) is 10.7. The molecule has 152 valence electrons. The van der Waals surface area contributed by atoms with E-state index >= 15 is 4.39 Å². The van der Waals surface area contributed by atoms with Gasteiger partial charge in [0.25, 0.3) is 0 Å². The number of allylic oxidation sites excluding steroid dienone is 5. The molecule has 0 spiro atoms. The Bertz CT molecular complexity index is 624. The average molecular weight is 375 g/mol. The summed E-state index contributed by atoms with van der Waals surface area (Å²) in [5.41, 5.74) is 3.89. The first-order chi connectivity index (χ1) is 12.8. The first kappa shape index (κ1) is 23.5. The molecule has 0 bridgehead atoms. The summed E-state index contributed by atoms with van der Waals surface area (Å²) >= 11 is 0. The zero-order valence-corrected chi connectivity index (χ0v) is 18.4. The molecule has 4 unspecified atom stereocenters. The molecule has 0 aromatic rings. The normalized spacial score (nSPS) is 27.7. The molecule has 1 rings (SSSR count). The quantitative estimate of drug-likeness (QED) is 0.317. The van der Waals surface area contributed by atoms with Gasteiger partial charge >= 0.3 is 0 Å². The maximum absolute atomic E-state index is 15.0. The molecular weight excluding hydrogens is 335 g/mol. The van der Waals surface area contributed by atoms with Gasteiger partial charge in [0, 0.05) is 17.8 Å². The van der Waals surface area contributed by atoms with Crippen LogP contribution >= 0.6 is 0 Å². The van der Waals surface area contributed by atoms with Crippen molar-refractivity contribution in [2.45, 2.75) is 80.6 Å². The van der Waals surface area contributed by atoms with Gasteiger partial charge in [-0.15, -0.1) is 0 Å². The van der Waals surface area contributed by atoms with Gasteiger partial charge in [-0.05, 0) is 67.6 Å². The molecule has 0 aliphatic heterocycles. The highest BCUT2D eigenvalue weighted by atomic mass is 19.1. The van der Waals surface area contributed by atoms with E-state index in [4.69, 9.17) is 10.4 Å². The molecule has 0 heterocycles. The van der Waals surface area contributed by atoms with Crippen molar-refractivity contribution in [3.8, 4) is 0 Å². The average Bonchev–Trinajstić information content (AvgIpc) is 2.91. The van der Waals surface area contributed by atoms with E-state index in [0.29, 0.717) is 17.8 Å². The Morgan fingerprint density at radius 2 is 1.96 bits per heavy atom. The summed E-state index contributed by atoms with van der Waals surface area (Å²) in [5.74, 6) is 0.978. The van der Waals surface area contributed by atoms with Crippen LogP contribution in [0, 0.1) is 29.1 Å². The number of nitrogens with one attached hydrogen (secondary N) is 1. The van der Waals surface area contributed by atoms with E-state index in [0.717, 1.165) is 48.9 Å². The predicted molar refractivity (Wildman–Crippen MR) is 117 cm³/mol. The van der Waals surface area contributed by atoms with Crippen molar-refractivity contribution in [2.24, 2.45) is 28.7 Å². The summed E-state index contributed by atoms with van der Waals surface area (Å²) in [5, 5.41) is 7.57. The number of halogens is 1. The van der Waals surface area contributed by atoms with Gasteiger partial charge in [0.1, 0.15) is 5.83 Å². The van der Waals surface area contributed by atoms with Crippen LogP contribution in [0.15, 0.2) is 39.8 Å². The second-order valence-electron chi connectivity index (χ2n) is 8.09. The van der Waals surface area contributed by atoms with E-state index in [1.807, 2.05) is 19.9 Å². The third-order valence-electron chi connectivity index (χ3n) is 5.84. The lowest BCUT2D eigenvalue weighted by atomic mass is 9.94. The van der Waals surface area contributed by atoms with Crippen LogP contribution in [-0.2, 0) is 0 Å². The smallest absolute Gasteiger partial charge is 0.109 e. The first-order valence-electron chi connectivity index (χ1n) is 10.7. The van der Waals surface area contributed by atoms with Crippen molar-refractivity contribution in [2.75, 3.05) is 0 Å². The van der Waals surface area contributed by atoms with Gasteiger partial charge in [-0.3, -0.25) is 4.99 Å². The highest BCUT2D eigenvalue weighted by Crippen LogP contribution is 2.37. The van der Waals surface area contributed by atoms with Crippen LogP contribution in [0.25, 0.3) is 0 Å². The van der Waals surface area contributed by atoms with Crippen LogP contribution in [0.2, 0.25) is 0 Å². The van der Waals surface area contributed by atoms with Crippen LogP contribution < -0.4 is 0 Å². The monoisotopic (exact) mass is 374 g/mol. The van der Waals surface area contributed by atoms with Crippen LogP contribution in [0.1, 0.15) is 80.6 Å². The molecule has 1 saturated carbocycles. The van der Waals surface area contributed by atoms with Crippen molar-refractivity contribution < 1.29 is 4.39 Å². The minimum atomic E-state index is -0.408. The zero-order valence-electron chi connectivity index (χ0n) is 18.4. The minimum Gasteiger partial charge on any atom is -0.308 e. The molecule has 27 heavy (non-hydrogen) atoms. The number of hydrogen-bond acceptors (Lipinski definition) is 2. The van der Waals surface area contributed by atoms with Gasteiger partial charge < -0.3 is 5.41 Å². The Kier molecular flexibility index (Phi) is 9.90. The van der Waals surface area contributed by atoms with Crippen LogP contribution in [0.5, 0.6) is 0 Å². The number of rotatable bonds is 9. The molecule has 2 nitrogen and oxygen atoms in total. The summed E-state index contributed by atoms with van der Waals surface area (Å²) in [6, 6.07) is 0. The lowest BCUT2D eigenvalue weighted by Crippen LogP contribution is -2.15. The summed E-state index contributed by atoms with van der Waals surface area (Å²) in [7, 11) is 0. The standard InChI is InChI=1S/C24H39FN2/c1-8-11-16(4)23(14-22(25)19(7)20(15-26)12-9-2)27-24-18(6)13-17(5)21(24)10-3/h12,14-15,17-19,21,26H,8-11,13H2,1-7H3/b20-12+,22-14+,23-16+,26-15?,27-24?. The van der Waals surface area contributed by atoms with Crippen molar-refractivity contribution in [3.05, 3.63) is 34.8 Å². The van der Waals surface area contributed by atoms with Gasteiger partial charge in [-0.1, -0.05) is 54.0 Å². The van der Waals surface area contributed by atoms with Gasteiger partial charge in [-0.2, -0.15) is 0 Å². The third kappa shape index (κ3) is 6.26. The van der Waals surface area contributed by atoms with Crippen molar-refractivity contribution in [1.82, 2.24) is 0 Å². The molecule has 4 atom stereocenters. The molecule has 0 saturated heterocycles. The van der Waals surface area contributed by atoms with Gasteiger partial charge in [0.2, 0.25) is 0 Å². The van der Waals surface area contributed by atoms with Crippen LogP contribution in [0.3, 0.4) is 0 Å². The summed E-state index contributed by atoms with van der Waals surface area (Å²) in [6.45, 7) is 14.8. The second-order valence-corrected chi connectivity index (χ2v) is 8.09. The maximum Gasteiger partial charge on any atom is 0.109 e. The molecule has 1 N–H and O–H groups in total. The molecule has 0 aromatic heterocycles. The number of hydrogen-bond donors (Lipinski definition) is 1. The van der Waals surface area contributed by atoms with Crippen LogP contribution in [0.4, 0.5) is 4.39 Å². The number of aliphatic imine (C=N–C) groups is 1. The Balaban J connectivity index is 3.35.